The van der Waals surface area contributed by atoms with Crippen molar-refractivity contribution >= 4 is 42.1 Å². The van der Waals surface area contributed by atoms with Gasteiger partial charge in [-0.15, -0.1) is 36.2 Å². The molecule has 1 aliphatic carbocycles. The van der Waals surface area contributed by atoms with Gasteiger partial charge in [0.1, 0.15) is 5.69 Å². The quantitative estimate of drug-likeness (QED) is 0.772. The van der Waals surface area contributed by atoms with Crippen LogP contribution in [0.15, 0.2) is 5.38 Å². The standard InChI is InChI=1S/C14H24N4OS.2ClH/c1-18(11-4-2-3-5-11)9-8-16-14(19)12-10-20-13(17-12)6-7-15;;/h10-11H,2-9,15H2,1H3,(H,16,19);2*1H. The minimum absolute atomic E-state index is 0. The third kappa shape index (κ3) is 6.38. The van der Waals surface area contributed by atoms with E-state index in [0.717, 1.165) is 18.0 Å². The van der Waals surface area contributed by atoms with Gasteiger partial charge in [-0.3, -0.25) is 4.79 Å². The van der Waals surface area contributed by atoms with Crippen molar-refractivity contribution < 1.29 is 4.79 Å². The Kier molecular flexibility index (Phi) is 11.0. The van der Waals surface area contributed by atoms with Crippen molar-refractivity contribution in [3.8, 4) is 0 Å². The summed E-state index contributed by atoms with van der Waals surface area (Å²) in [6.07, 6.45) is 5.99. The van der Waals surface area contributed by atoms with E-state index in [1.54, 1.807) is 5.38 Å². The lowest BCUT2D eigenvalue weighted by Gasteiger charge is -2.23. The molecule has 0 atom stereocenters. The third-order valence-corrected chi connectivity index (χ3v) is 4.75. The van der Waals surface area contributed by atoms with E-state index >= 15 is 0 Å². The minimum atomic E-state index is -0.0793. The molecule has 0 bridgehead atoms. The molecule has 1 aromatic rings. The van der Waals surface area contributed by atoms with Crippen molar-refractivity contribution in [3.63, 3.8) is 0 Å². The normalized spacial score (nSPS) is 14.5. The maximum absolute atomic E-state index is 11.9. The van der Waals surface area contributed by atoms with Gasteiger partial charge in [-0.25, -0.2) is 4.98 Å². The molecule has 0 aromatic carbocycles. The van der Waals surface area contributed by atoms with Crippen molar-refractivity contribution in [2.45, 2.75) is 38.1 Å². The van der Waals surface area contributed by atoms with Crippen LogP contribution < -0.4 is 11.1 Å². The molecule has 0 saturated heterocycles. The second-order valence-corrected chi connectivity index (χ2v) is 6.28. The fourth-order valence-corrected chi connectivity index (χ4v) is 3.41. The number of thiazole rings is 1. The van der Waals surface area contributed by atoms with Gasteiger partial charge >= 0.3 is 0 Å². The molecular weight excluding hydrogens is 343 g/mol. The van der Waals surface area contributed by atoms with Crippen LogP contribution in [0.25, 0.3) is 0 Å². The fraction of sp³-hybridized carbons (Fsp3) is 0.714. The molecule has 1 amide bonds. The average Bonchev–Trinajstić information content (AvgIpc) is 3.10. The van der Waals surface area contributed by atoms with E-state index in [-0.39, 0.29) is 30.7 Å². The zero-order chi connectivity index (χ0) is 14.4. The number of rotatable bonds is 7. The first-order valence-electron chi connectivity index (χ1n) is 7.33. The predicted molar refractivity (Wildman–Crippen MR) is 96.6 cm³/mol. The first kappa shape index (κ1) is 21.6. The number of nitrogens with two attached hydrogens (primary N) is 1. The molecular formula is C14H26Cl2N4OS. The summed E-state index contributed by atoms with van der Waals surface area (Å²) in [5, 5.41) is 5.68. The summed E-state index contributed by atoms with van der Waals surface area (Å²) in [4.78, 5) is 18.6. The highest BCUT2D eigenvalue weighted by Crippen LogP contribution is 2.21. The van der Waals surface area contributed by atoms with Gasteiger partial charge in [-0.1, -0.05) is 12.8 Å². The molecule has 1 saturated carbocycles. The SMILES string of the molecule is CN(CCNC(=O)c1csc(CCN)n1)C1CCCC1.Cl.Cl. The van der Waals surface area contributed by atoms with E-state index in [1.807, 2.05) is 0 Å². The molecule has 0 aliphatic heterocycles. The van der Waals surface area contributed by atoms with Crippen LogP contribution in [-0.2, 0) is 6.42 Å². The molecule has 0 unspecified atom stereocenters. The highest BCUT2D eigenvalue weighted by atomic mass is 35.5. The Hall–Kier alpha value is -0.400. The molecule has 3 N–H and O–H groups in total. The number of nitrogens with zero attached hydrogens (tertiary/aromatic N) is 2. The molecule has 5 nitrogen and oxygen atoms in total. The summed E-state index contributed by atoms with van der Waals surface area (Å²) in [7, 11) is 2.14. The van der Waals surface area contributed by atoms with Gasteiger partial charge < -0.3 is 16.0 Å². The molecule has 0 spiro atoms. The van der Waals surface area contributed by atoms with Crippen molar-refractivity contribution in [2.75, 3.05) is 26.7 Å². The van der Waals surface area contributed by atoms with E-state index in [1.165, 1.54) is 37.0 Å². The molecule has 2 rings (SSSR count). The van der Waals surface area contributed by atoms with E-state index in [2.05, 4.69) is 22.2 Å². The van der Waals surface area contributed by atoms with Crippen LogP contribution in [0.3, 0.4) is 0 Å². The maximum atomic E-state index is 11.9. The number of amides is 1. The lowest BCUT2D eigenvalue weighted by atomic mass is 10.2. The Morgan fingerprint density at radius 3 is 2.77 bits per heavy atom. The molecule has 0 radical (unpaired) electrons. The van der Waals surface area contributed by atoms with Crippen LogP contribution in [0.4, 0.5) is 0 Å². The summed E-state index contributed by atoms with van der Waals surface area (Å²) in [5.74, 6) is -0.0793. The maximum Gasteiger partial charge on any atom is 0.270 e. The Morgan fingerprint density at radius 2 is 2.14 bits per heavy atom. The van der Waals surface area contributed by atoms with Crippen LogP contribution in [0.5, 0.6) is 0 Å². The van der Waals surface area contributed by atoms with Crippen molar-refractivity contribution in [2.24, 2.45) is 5.73 Å². The summed E-state index contributed by atoms with van der Waals surface area (Å²) in [6, 6.07) is 0.697. The van der Waals surface area contributed by atoms with Crippen LogP contribution >= 0.6 is 36.2 Å². The highest BCUT2D eigenvalue weighted by molar-refractivity contribution is 7.09. The number of hydrogen-bond donors (Lipinski definition) is 2. The van der Waals surface area contributed by atoms with E-state index in [9.17, 15) is 4.79 Å². The van der Waals surface area contributed by atoms with Crippen LogP contribution in [0, 0.1) is 0 Å². The van der Waals surface area contributed by atoms with Crippen LogP contribution in [0.2, 0.25) is 0 Å². The van der Waals surface area contributed by atoms with Gasteiger partial charge in [0, 0.05) is 30.9 Å². The molecule has 8 heteroatoms. The van der Waals surface area contributed by atoms with Crippen molar-refractivity contribution in [1.82, 2.24) is 15.2 Å². The van der Waals surface area contributed by atoms with Crippen molar-refractivity contribution in [3.05, 3.63) is 16.1 Å². The number of halogens is 2. The minimum Gasteiger partial charge on any atom is -0.349 e. The summed E-state index contributed by atoms with van der Waals surface area (Å²) < 4.78 is 0. The average molecular weight is 369 g/mol. The smallest absolute Gasteiger partial charge is 0.270 e. The third-order valence-electron chi connectivity index (χ3n) is 3.84. The Morgan fingerprint density at radius 1 is 1.45 bits per heavy atom. The predicted octanol–water partition coefficient (Wildman–Crippen LogP) is 2.09. The monoisotopic (exact) mass is 368 g/mol. The number of carbonyl (C=O) groups excluding carboxylic acids is 1. The van der Waals surface area contributed by atoms with Gasteiger partial charge in [-0.05, 0) is 26.4 Å². The van der Waals surface area contributed by atoms with E-state index in [0.29, 0.717) is 24.8 Å². The summed E-state index contributed by atoms with van der Waals surface area (Å²) in [5.41, 5.74) is 6.00. The molecule has 128 valence electrons. The first-order chi connectivity index (χ1) is 9.70. The van der Waals surface area contributed by atoms with E-state index < -0.39 is 0 Å². The molecule has 1 fully saturated rings. The molecule has 1 aliphatic rings. The first-order valence-corrected chi connectivity index (χ1v) is 8.21. The van der Waals surface area contributed by atoms with Crippen molar-refractivity contribution in [1.29, 1.82) is 0 Å². The van der Waals surface area contributed by atoms with Gasteiger partial charge in [0.2, 0.25) is 0 Å². The molecule has 1 aromatic heterocycles. The molecule has 1 heterocycles. The topological polar surface area (TPSA) is 71.2 Å². The van der Waals surface area contributed by atoms with Gasteiger partial charge in [-0.2, -0.15) is 0 Å². The van der Waals surface area contributed by atoms with Crippen LogP contribution in [-0.4, -0.2) is 48.5 Å². The number of nitrogens with one attached hydrogen (secondary N) is 1. The largest absolute Gasteiger partial charge is 0.349 e. The Balaban J connectivity index is 0.00000220. The van der Waals surface area contributed by atoms with Gasteiger partial charge in [0.15, 0.2) is 0 Å². The second kappa shape index (κ2) is 11.2. The lowest BCUT2D eigenvalue weighted by molar-refractivity contribution is 0.0942. The Bertz CT molecular complexity index is 438. The highest BCUT2D eigenvalue weighted by Gasteiger charge is 2.19. The lowest BCUT2D eigenvalue weighted by Crippen LogP contribution is -2.37. The zero-order valence-electron chi connectivity index (χ0n) is 12.9. The number of carbonyl (C=O) groups is 1. The summed E-state index contributed by atoms with van der Waals surface area (Å²) in [6.45, 7) is 2.15. The molecule has 22 heavy (non-hydrogen) atoms. The van der Waals surface area contributed by atoms with Gasteiger partial charge in [0.05, 0.1) is 5.01 Å². The Labute approximate surface area is 148 Å². The number of hydrogen-bond acceptors (Lipinski definition) is 5. The zero-order valence-corrected chi connectivity index (χ0v) is 15.4. The van der Waals surface area contributed by atoms with Gasteiger partial charge in [0.25, 0.3) is 5.91 Å². The fourth-order valence-electron chi connectivity index (χ4n) is 2.62. The van der Waals surface area contributed by atoms with Crippen LogP contribution in [0.1, 0.15) is 41.2 Å². The summed E-state index contributed by atoms with van der Waals surface area (Å²) >= 11 is 1.50. The number of likely N-dealkylation sites (N-methyl/N-ethyl adjacent to an activating group) is 1. The number of aromatic nitrogens is 1. The van der Waals surface area contributed by atoms with E-state index in [4.69, 9.17) is 5.73 Å². The second-order valence-electron chi connectivity index (χ2n) is 5.34.